The Morgan fingerprint density at radius 1 is 2.14 bits per heavy atom. The predicted octanol–water partition coefficient (Wildman–Crippen LogP) is -1.61. The second-order valence-corrected chi connectivity index (χ2v) is 0.945. The summed E-state index contributed by atoms with van der Waals surface area (Å²) in [6, 6.07) is -1.88. The molecular weight excluding hydrogens is 98.0 g/mol. The SMILES string of the molecule is [3H]C([3H])(O)[C@H](N)C(=O)O. The molecule has 0 spiro atoms. The third kappa shape index (κ3) is 2.13. The van der Waals surface area contributed by atoms with Gasteiger partial charge in [0.15, 0.2) is 0 Å². The largest absolute Gasteiger partial charge is 0.480 e. The maximum absolute atomic E-state index is 9.82. The molecule has 0 aliphatic heterocycles. The zero-order valence-corrected chi connectivity index (χ0v) is 3.46. The van der Waals surface area contributed by atoms with Crippen LogP contribution in [0.5, 0.6) is 0 Å². The fourth-order valence-corrected chi connectivity index (χ4v) is 0.0552. The molecule has 0 heterocycles. The summed E-state index contributed by atoms with van der Waals surface area (Å²) in [5.74, 6) is -1.57. The number of carboxylic acid groups (broad SMARTS) is 1. The predicted molar refractivity (Wildman–Crippen MR) is 22.7 cm³/mol. The highest BCUT2D eigenvalue weighted by atomic mass is 16.4. The van der Waals surface area contributed by atoms with Crippen molar-refractivity contribution in [2.75, 3.05) is 6.56 Å². The average molecular weight is 109 g/mol. The Balaban J connectivity index is 4.04. The zero-order valence-electron chi connectivity index (χ0n) is 5.46. The number of hydrogen-bond donors (Lipinski definition) is 3. The second kappa shape index (κ2) is 2.54. The molecule has 0 aromatic heterocycles. The van der Waals surface area contributed by atoms with Gasteiger partial charge in [0.2, 0.25) is 0 Å². The Labute approximate surface area is 43.4 Å². The maximum Gasteiger partial charge on any atom is 0.322 e. The molecule has 0 aliphatic carbocycles. The van der Waals surface area contributed by atoms with Crippen LogP contribution in [0.15, 0.2) is 0 Å². The van der Waals surface area contributed by atoms with Crippen LogP contribution in [0.4, 0.5) is 0 Å². The average Bonchev–Trinajstić information content (AvgIpc) is 1.62. The lowest BCUT2D eigenvalue weighted by molar-refractivity contribution is -0.139. The van der Waals surface area contributed by atoms with Gasteiger partial charge in [0.25, 0.3) is 0 Å². The van der Waals surface area contributed by atoms with Crippen LogP contribution in [-0.2, 0) is 4.79 Å². The van der Waals surface area contributed by atoms with Crippen LogP contribution < -0.4 is 5.73 Å². The molecule has 0 amide bonds. The second-order valence-electron chi connectivity index (χ2n) is 0.945. The molecule has 42 valence electrons. The first-order valence-corrected chi connectivity index (χ1v) is 1.56. The highest BCUT2D eigenvalue weighted by Gasteiger charge is 2.06. The Kier molecular flexibility index (Phi) is 1.24. The summed E-state index contributed by atoms with van der Waals surface area (Å²) in [5, 5.41) is 16.3. The van der Waals surface area contributed by atoms with E-state index < -0.39 is 18.6 Å². The summed E-state index contributed by atoms with van der Waals surface area (Å²) in [4.78, 5) is 9.82. The van der Waals surface area contributed by atoms with Crippen molar-refractivity contribution in [1.29, 1.82) is 0 Å². The highest BCUT2D eigenvalue weighted by Crippen LogP contribution is 1.71. The summed E-state index contributed by atoms with van der Waals surface area (Å²) in [7, 11) is 0. The van der Waals surface area contributed by atoms with Crippen molar-refractivity contribution in [2.45, 2.75) is 6.04 Å². The number of aliphatic carboxylic acids is 1. The lowest BCUT2D eigenvalue weighted by Gasteiger charge is -1.96. The van der Waals surface area contributed by atoms with Gasteiger partial charge in [-0.3, -0.25) is 4.79 Å². The van der Waals surface area contributed by atoms with E-state index in [1.807, 2.05) is 0 Å². The van der Waals surface area contributed by atoms with Gasteiger partial charge in [-0.1, -0.05) is 0 Å². The van der Waals surface area contributed by atoms with E-state index in [1.165, 1.54) is 0 Å². The first-order chi connectivity index (χ1) is 3.85. The summed E-state index contributed by atoms with van der Waals surface area (Å²) < 4.78 is 12.8. The van der Waals surface area contributed by atoms with Crippen LogP contribution in [-0.4, -0.2) is 28.8 Å². The number of aliphatic hydroxyl groups is 1. The fourth-order valence-electron chi connectivity index (χ4n) is 0.0552. The van der Waals surface area contributed by atoms with Crippen molar-refractivity contribution < 1.29 is 17.7 Å². The standard InChI is InChI=1S/C3H7NO3/c4-2(1-5)3(6)7/h2,5H,1,4H2,(H,6,7)/t2-/m0/s1/i1T2. The van der Waals surface area contributed by atoms with E-state index in [1.54, 1.807) is 0 Å². The van der Waals surface area contributed by atoms with Crippen molar-refractivity contribution in [1.82, 2.24) is 0 Å². The van der Waals surface area contributed by atoms with Crippen LogP contribution >= 0.6 is 0 Å². The van der Waals surface area contributed by atoms with Gasteiger partial charge in [-0.2, -0.15) is 0 Å². The molecule has 0 saturated carbocycles. The third-order valence-corrected chi connectivity index (χ3v) is 0.405. The van der Waals surface area contributed by atoms with Crippen molar-refractivity contribution >= 4 is 5.97 Å². The van der Waals surface area contributed by atoms with E-state index in [9.17, 15) is 4.79 Å². The lowest BCUT2D eigenvalue weighted by atomic mass is 10.3. The number of nitrogens with two attached hydrogens (primary N) is 1. The van der Waals surface area contributed by atoms with Gasteiger partial charge < -0.3 is 15.9 Å². The summed E-state index contributed by atoms with van der Waals surface area (Å²) >= 11 is 0. The third-order valence-electron chi connectivity index (χ3n) is 0.405. The molecule has 1 atom stereocenters. The maximum atomic E-state index is 9.82. The molecule has 0 aromatic rings. The first kappa shape index (κ1) is 3.40. The highest BCUT2D eigenvalue weighted by molar-refractivity contribution is 5.73. The molecule has 0 aliphatic rings. The van der Waals surface area contributed by atoms with Crippen molar-refractivity contribution in [2.24, 2.45) is 5.73 Å². The van der Waals surface area contributed by atoms with Crippen LogP contribution in [0.25, 0.3) is 0 Å². The molecule has 4 heteroatoms. The molecule has 0 aromatic carbocycles. The summed E-state index contributed by atoms with van der Waals surface area (Å²) in [6.45, 7) is -2.84. The van der Waals surface area contributed by atoms with Crippen molar-refractivity contribution in [3.63, 3.8) is 0 Å². The van der Waals surface area contributed by atoms with E-state index in [2.05, 4.69) is 5.73 Å². The van der Waals surface area contributed by atoms with E-state index in [4.69, 9.17) is 13.0 Å². The molecular formula is C3H7NO3. The van der Waals surface area contributed by atoms with E-state index in [-0.39, 0.29) is 0 Å². The van der Waals surface area contributed by atoms with Crippen molar-refractivity contribution in [3.8, 4) is 0 Å². The van der Waals surface area contributed by atoms with E-state index in [0.717, 1.165) is 0 Å². The monoisotopic (exact) mass is 109 g/mol. The Bertz CT molecular complexity index is 121. The number of carbonyl (C=O) groups is 1. The smallest absolute Gasteiger partial charge is 0.322 e. The molecule has 0 rings (SSSR count). The van der Waals surface area contributed by atoms with Gasteiger partial charge in [-0.15, -0.1) is 0 Å². The molecule has 4 nitrogen and oxygen atoms in total. The van der Waals surface area contributed by atoms with Gasteiger partial charge in [-0.25, -0.2) is 0 Å². The number of carboxylic acids is 1. The molecule has 0 saturated heterocycles. The normalized spacial score (nSPS) is 19.7. The zero-order chi connectivity index (χ0) is 7.65. The molecule has 0 bridgehead atoms. The Morgan fingerprint density at radius 3 is 2.57 bits per heavy atom. The van der Waals surface area contributed by atoms with Gasteiger partial charge in [0.05, 0.1) is 9.30 Å². The summed E-state index contributed by atoms with van der Waals surface area (Å²) in [6.07, 6.45) is 0. The fraction of sp³-hybridized carbons (Fsp3) is 0.667. The van der Waals surface area contributed by atoms with Gasteiger partial charge >= 0.3 is 5.97 Å². The lowest BCUT2D eigenvalue weighted by Crippen LogP contribution is -2.33. The van der Waals surface area contributed by atoms with Crippen LogP contribution in [0.2, 0.25) is 0 Å². The topological polar surface area (TPSA) is 83.5 Å². The van der Waals surface area contributed by atoms with E-state index in [0.29, 0.717) is 0 Å². The minimum Gasteiger partial charge on any atom is -0.480 e. The van der Waals surface area contributed by atoms with Crippen LogP contribution in [0, 0.1) is 0 Å². The first-order valence-electron chi connectivity index (χ1n) is 2.56. The molecule has 4 N–H and O–H groups in total. The minimum absolute atomic E-state index is 1.57. The van der Waals surface area contributed by atoms with Gasteiger partial charge in [0.1, 0.15) is 6.04 Å². The Morgan fingerprint density at radius 2 is 2.57 bits per heavy atom. The Hall–Kier alpha value is -0.610. The van der Waals surface area contributed by atoms with Crippen LogP contribution in [0.1, 0.15) is 2.74 Å². The molecule has 7 heavy (non-hydrogen) atoms. The van der Waals surface area contributed by atoms with Crippen LogP contribution in [0.3, 0.4) is 0 Å². The van der Waals surface area contributed by atoms with Crippen molar-refractivity contribution in [3.05, 3.63) is 0 Å². The van der Waals surface area contributed by atoms with Gasteiger partial charge in [-0.05, 0) is 0 Å². The number of rotatable bonds is 2. The summed E-state index contributed by atoms with van der Waals surface area (Å²) in [5.41, 5.74) is 4.67. The number of hydrogen-bond acceptors (Lipinski definition) is 3. The molecule has 0 unspecified atom stereocenters. The minimum atomic E-state index is -2.84. The van der Waals surface area contributed by atoms with E-state index >= 15 is 0 Å². The quantitative estimate of drug-likeness (QED) is 0.398. The molecule has 0 radical (unpaired) electrons. The molecule has 0 fully saturated rings. The van der Waals surface area contributed by atoms with Gasteiger partial charge in [0, 0.05) is 0 Å².